The smallest absolute Gasteiger partial charge is 0.255 e. The zero-order valence-electron chi connectivity index (χ0n) is 15.8. The summed E-state index contributed by atoms with van der Waals surface area (Å²) in [5.41, 5.74) is 4.78. The lowest BCUT2D eigenvalue weighted by Gasteiger charge is -2.37. The highest BCUT2D eigenvalue weighted by atomic mass is 16.7. The molecule has 2 fully saturated rings. The van der Waals surface area contributed by atoms with E-state index in [0.717, 1.165) is 11.4 Å². The second-order valence-corrected chi connectivity index (χ2v) is 7.36. The molecule has 27 heavy (non-hydrogen) atoms. The monoisotopic (exact) mass is 367 g/mol. The topological polar surface area (TPSA) is 63.7 Å². The van der Waals surface area contributed by atoms with E-state index in [1.54, 1.807) is 12.4 Å². The Kier molecular flexibility index (Phi) is 4.85. The van der Waals surface area contributed by atoms with Crippen LogP contribution in [0.15, 0.2) is 36.7 Å². The van der Waals surface area contributed by atoms with Gasteiger partial charge in [-0.3, -0.25) is 9.78 Å². The number of likely N-dealkylation sites (tertiary alicyclic amines) is 1. The van der Waals surface area contributed by atoms with Crippen LogP contribution in [0.4, 0.5) is 11.4 Å². The quantitative estimate of drug-likeness (QED) is 0.901. The van der Waals surface area contributed by atoms with Crippen LogP contribution in [-0.2, 0) is 9.47 Å². The average Bonchev–Trinajstić information content (AvgIpc) is 3.09. The number of pyridine rings is 1. The number of aryl methyl sites for hydroxylation is 2. The highest BCUT2D eigenvalue weighted by Gasteiger charge is 2.40. The molecule has 4 rings (SSSR count). The summed E-state index contributed by atoms with van der Waals surface area (Å²) in [7, 11) is 0. The van der Waals surface area contributed by atoms with Crippen LogP contribution in [0.5, 0.6) is 0 Å². The van der Waals surface area contributed by atoms with E-state index in [9.17, 15) is 4.79 Å². The number of rotatable bonds is 3. The van der Waals surface area contributed by atoms with Crippen LogP contribution < -0.4 is 5.32 Å². The van der Waals surface area contributed by atoms with Crippen LogP contribution >= 0.6 is 0 Å². The summed E-state index contributed by atoms with van der Waals surface area (Å²) in [4.78, 5) is 19.0. The molecule has 1 aromatic carbocycles. The molecule has 6 nitrogen and oxygen atoms in total. The van der Waals surface area contributed by atoms with E-state index in [0.29, 0.717) is 44.7 Å². The number of nitrogens with one attached hydrogen (secondary N) is 1. The normalized spacial score (nSPS) is 18.7. The van der Waals surface area contributed by atoms with Crippen LogP contribution in [0.2, 0.25) is 0 Å². The molecule has 1 amide bonds. The number of ether oxygens (including phenoxy) is 2. The number of hydrogen-bond donors (Lipinski definition) is 1. The van der Waals surface area contributed by atoms with Crippen molar-refractivity contribution >= 4 is 17.3 Å². The summed E-state index contributed by atoms with van der Waals surface area (Å²) in [5, 5.41) is 3.35. The minimum atomic E-state index is -0.471. The van der Waals surface area contributed by atoms with Gasteiger partial charge in [0.2, 0.25) is 0 Å². The highest BCUT2D eigenvalue weighted by molar-refractivity contribution is 5.95. The van der Waals surface area contributed by atoms with Crippen LogP contribution in [0.3, 0.4) is 0 Å². The van der Waals surface area contributed by atoms with Gasteiger partial charge in [0, 0.05) is 37.8 Å². The lowest BCUT2D eigenvalue weighted by atomic mass is 10.0. The van der Waals surface area contributed by atoms with Crippen molar-refractivity contribution in [3.63, 3.8) is 0 Å². The van der Waals surface area contributed by atoms with Crippen LogP contribution in [-0.4, -0.2) is 47.9 Å². The third-order valence-corrected chi connectivity index (χ3v) is 5.12. The van der Waals surface area contributed by atoms with E-state index in [-0.39, 0.29) is 5.91 Å². The van der Waals surface area contributed by atoms with Gasteiger partial charge in [0.15, 0.2) is 5.79 Å². The summed E-state index contributed by atoms with van der Waals surface area (Å²) in [6, 6.07) is 8.14. The number of carbonyl (C=O) groups excluding carboxylic acids is 1. The second kappa shape index (κ2) is 7.29. The van der Waals surface area contributed by atoms with Crippen molar-refractivity contribution in [1.29, 1.82) is 0 Å². The van der Waals surface area contributed by atoms with E-state index in [1.165, 1.54) is 11.1 Å². The van der Waals surface area contributed by atoms with Gasteiger partial charge in [-0.1, -0.05) is 6.07 Å². The molecule has 2 saturated heterocycles. The fraction of sp³-hybridized carbons (Fsp3) is 0.429. The van der Waals surface area contributed by atoms with Gasteiger partial charge >= 0.3 is 0 Å². The largest absolute Gasteiger partial charge is 0.354 e. The summed E-state index contributed by atoms with van der Waals surface area (Å²) < 4.78 is 11.5. The molecule has 0 saturated carbocycles. The van der Waals surface area contributed by atoms with E-state index in [1.807, 2.05) is 11.0 Å². The molecular formula is C21H25N3O3. The molecule has 1 aromatic heterocycles. The maximum absolute atomic E-state index is 12.9. The van der Waals surface area contributed by atoms with Gasteiger partial charge in [0.25, 0.3) is 5.91 Å². The van der Waals surface area contributed by atoms with Gasteiger partial charge in [0.05, 0.1) is 30.7 Å². The maximum Gasteiger partial charge on any atom is 0.255 e. The Bertz CT molecular complexity index is 816. The molecule has 0 aliphatic carbocycles. The number of anilines is 2. The number of carbonyl (C=O) groups is 1. The Labute approximate surface area is 159 Å². The third kappa shape index (κ3) is 3.96. The number of nitrogens with zero attached hydrogens (tertiary/aromatic N) is 2. The van der Waals surface area contributed by atoms with Gasteiger partial charge < -0.3 is 19.7 Å². The summed E-state index contributed by atoms with van der Waals surface area (Å²) >= 11 is 0. The zero-order valence-corrected chi connectivity index (χ0v) is 15.8. The minimum absolute atomic E-state index is 0.000537. The van der Waals surface area contributed by atoms with Crippen LogP contribution in [0.1, 0.15) is 34.3 Å². The van der Waals surface area contributed by atoms with E-state index < -0.39 is 5.79 Å². The first-order valence-electron chi connectivity index (χ1n) is 9.41. The van der Waals surface area contributed by atoms with E-state index >= 15 is 0 Å². The molecule has 0 unspecified atom stereocenters. The predicted molar refractivity (Wildman–Crippen MR) is 103 cm³/mol. The number of piperidine rings is 1. The molecule has 0 atom stereocenters. The fourth-order valence-electron chi connectivity index (χ4n) is 3.86. The molecule has 2 aromatic rings. The van der Waals surface area contributed by atoms with Crippen molar-refractivity contribution < 1.29 is 14.3 Å². The molecular weight excluding hydrogens is 342 g/mol. The van der Waals surface area contributed by atoms with E-state index in [2.05, 4.69) is 42.3 Å². The Morgan fingerprint density at radius 2 is 1.67 bits per heavy atom. The molecule has 3 heterocycles. The van der Waals surface area contributed by atoms with Crippen molar-refractivity contribution in [3.05, 3.63) is 53.3 Å². The van der Waals surface area contributed by atoms with Crippen molar-refractivity contribution in [2.75, 3.05) is 31.6 Å². The Balaban J connectivity index is 1.45. The first-order chi connectivity index (χ1) is 13.0. The number of aromatic nitrogens is 1. The predicted octanol–water partition coefficient (Wildman–Crippen LogP) is 3.42. The number of amides is 1. The highest BCUT2D eigenvalue weighted by Crippen LogP contribution is 2.32. The molecule has 0 bridgehead atoms. The first-order valence-corrected chi connectivity index (χ1v) is 9.41. The second-order valence-electron chi connectivity index (χ2n) is 7.36. The molecule has 6 heteroatoms. The molecule has 142 valence electrons. The molecule has 2 aliphatic rings. The van der Waals surface area contributed by atoms with Crippen LogP contribution in [0.25, 0.3) is 0 Å². The molecule has 1 N–H and O–H groups in total. The Morgan fingerprint density at radius 1 is 1.00 bits per heavy atom. The first kappa shape index (κ1) is 17.9. The third-order valence-electron chi connectivity index (χ3n) is 5.12. The fourth-order valence-corrected chi connectivity index (χ4v) is 3.86. The van der Waals surface area contributed by atoms with Crippen molar-refractivity contribution in [1.82, 2.24) is 9.88 Å². The summed E-state index contributed by atoms with van der Waals surface area (Å²) in [6.07, 6.45) is 4.79. The zero-order chi connectivity index (χ0) is 18.9. The maximum atomic E-state index is 12.9. The van der Waals surface area contributed by atoms with Crippen molar-refractivity contribution in [3.8, 4) is 0 Å². The van der Waals surface area contributed by atoms with Gasteiger partial charge in [0.1, 0.15) is 0 Å². The lowest BCUT2D eigenvalue weighted by molar-refractivity contribution is -0.181. The standard InChI is InChI=1S/C21H25N3O3/c1-15-9-16(2)11-18(10-15)23-19-12-17(13-22-14-19)20(25)24-5-3-21(4-6-24)26-7-8-27-21/h9-14,23H,3-8H2,1-2H3. The Morgan fingerprint density at radius 3 is 2.33 bits per heavy atom. The summed E-state index contributed by atoms with van der Waals surface area (Å²) in [6.45, 7) is 6.68. The Hall–Kier alpha value is -2.44. The SMILES string of the molecule is Cc1cc(C)cc(Nc2cncc(C(=O)N3CCC4(CC3)OCCO4)c2)c1. The average molecular weight is 367 g/mol. The number of benzene rings is 1. The number of hydrogen-bond acceptors (Lipinski definition) is 5. The van der Waals surface area contributed by atoms with Gasteiger partial charge in [-0.15, -0.1) is 0 Å². The molecule has 1 spiro atoms. The molecule has 0 radical (unpaired) electrons. The lowest BCUT2D eigenvalue weighted by Crippen LogP contribution is -2.47. The van der Waals surface area contributed by atoms with Crippen LogP contribution in [0, 0.1) is 13.8 Å². The summed E-state index contributed by atoms with van der Waals surface area (Å²) in [5.74, 6) is -0.471. The van der Waals surface area contributed by atoms with Gasteiger partial charge in [-0.05, 0) is 43.2 Å². The van der Waals surface area contributed by atoms with Gasteiger partial charge in [-0.25, -0.2) is 0 Å². The molecule has 2 aliphatic heterocycles. The minimum Gasteiger partial charge on any atom is -0.354 e. The van der Waals surface area contributed by atoms with Gasteiger partial charge in [-0.2, -0.15) is 0 Å². The van der Waals surface area contributed by atoms with Crippen molar-refractivity contribution in [2.24, 2.45) is 0 Å². The van der Waals surface area contributed by atoms with Crippen molar-refractivity contribution in [2.45, 2.75) is 32.5 Å². The van der Waals surface area contributed by atoms with E-state index in [4.69, 9.17) is 9.47 Å².